The molecule has 0 aromatic heterocycles. The maximum absolute atomic E-state index is 10.8. The standard InChI is InChI=1S/C17H18N2O4/c1-3-23-15-9-4-12(10-16(15)22-2)11-18-19-14-7-5-13(6-8-14)17(20)21/h4-11,19H,3H2,1-2H3,(H,20,21)/b18-11+. The average Bonchev–Trinajstić information content (AvgIpc) is 2.56. The molecule has 23 heavy (non-hydrogen) atoms. The van der Waals surface area contributed by atoms with Crippen molar-refractivity contribution in [2.45, 2.75) is 6.92 Å². The molecule has 0 aliphatic heterocycles. The van der Waals surface area contributed by atoms with Crippen molar-refractivity contribution in [3.63, 3.8) is 0 Å². The SMILES string of the molecule is CCOc1ccc(/C=N/Nc2ccc(C(=O)O)cc2)cc1OC. The Balaban J connectivity index is 2.03. The van der Waals surface area contributed by atoms with E-state index in [9.17, 15) is 4.79 Å². The minimum Gasteiger partial charge on any atom is -0.493 e. The third kappa shape index (κ3) is 4.47. The van der Waals surface area contributed by atoms with Crippen molar-refractivity contribution in [1.29, 1.82) is 0 Å². The average molecular weight is 314 g/mol. The summed E-state index contributed by atoms with van der Waals surface area (Å²) in [5.41, 5.74) is 4.62. The van der Waals surface area contributed by atoms with Crippen LogP contribution in [0, 0.1) is 0 Å². The van der Waals surface area contributed by atoms with Gasteiger partial charge in [0, 0.05) is 0 Å². The second-order valence-electron chi connectivity index (χ2n) is 4.60. The molecule has 2 N–H and O–H groups in total. The molecule has 0 saturated carbocycles. The molecule has 2 aromatic carbocycles. The van der Waals surface area contributed by atoms with E-state index in [-0.39, 0.29) is 5.56 Å². The number of hydrogen-bond acceptors (Lipinski definition) is 5. The molecule has 0 aliphatic carbocycles. The normalized spacial score (nSPS) is 10.5. The van der Waals surface area contributed by atoms with Crippen LogP contribution in [0.1, 0.15) is 22.8 Å². The molecule has 6 nitrogen and oxygen atoms in total. The highest BCUT2D eigenvalue weighted by atomic mass is 16.5. The predicted molar refractivity (Wildman–Crippen MR) is 88.8 cm³/mol. The molecule has 2 rings (SSSR count). The van der Waals surface area contributed by atoms with E-state index in [0.29, 0.717) is 23.8 Å². The Morgan fingerprint density at radius 1 is 1.22 bits per heavy atom. The van der Waals surface area contributed by atoms with E-state index in [1.807, 2.05) is 25.1 Å². The Kier molecular flexibility index (Phi) is 5.57. The highest BCUT2D eigenvalue weighted by Crippen LogP contribution is 2.27. The maximum Gasteiger partial charge on any atom is 0.335 e. The van der Waals surface area contributed by atoms with E-state index < -0.39 is 5.97 Å². The summed E-state index contributed by atoms with van der Waals surface area (Å²) < 4.78 is 10.7. The van der Waals surface area contributed by atoms with Crippen molar-refractivity contribution < 1.29 is 19.4 Å². The number of hydrazone groups is 1. The summed E-state index contributed by atoms with van der Waals surface area (Å²) >= 11 is 0. The fraction of sp³-hybridized carbons (Fsp3) is 0.176. The second-order valence-corrected chi connectivity index (χ2v) is 4.60. The molecule has 0 bridgehead atoms. The molecule has 0 radical (unpaired) electrons. The van der Waals surface area contributed by atoms with Gasteiger partial charge in [-0.2, -0.15) is 5.10 Å². The molecular formula is C17H18N2O4. The van der Waals surface area contributed by atoms with Crippen LogP contribution in [0.4, 0.5) is 5.69 Å². The monoisotopic (exact) mass is 314 g/mol. The van der Waals surface area contributed by atoms with Gasteiger partial charge in [0.05, 0.1) is 31.2 Å². The Labute approximate surface area is 134 Å². The van der Waals surface area contributed by atoms with Gasteiger partial charge in [-0.3, -0.25) is 5.43 Å². The van der Waals surface area contributed by atoms with Crippen molar-refractivity contribution in [3.8, 4) is 11.5 Å². The lowest BCUT2D eigenvalue weighted by Crippen LogP contribution is -1.97. The number of carboxylic acids is 1. The second kappa shape index (κ2) is 7.84. The molecule has 0 heterocycles. The number of aromatic carboxylic acids is 1. The quantitative estimate of drug-likeness (QED) is 0.606. The third-order valence-corrected chi connectivity index (χ3v) is 3.03. The topological polar surface area (TPSA) is 80.2 Å². The van der Waals surface area contributed by atoms with Crippen LogP contribution in [-0.4, -0.2) is 31.0 Å². The van der Waals surface area contributed by atoms with E-state index in [4.69, 9.17) is 14.6 Å². The van der Waals surface area contributed by atoms with Crippen molar-refractivity contribution in [2.24, 2.45) is 5.10 Å². The first-order valence-corrected chi connectivity index (χ1v) is 7.07. The maximum atomic E-state index is 10.8. The van der Waals surface area contributed by atoms with E-state index in [0.717, 1.165) is 5.56 Å². The van der Waals surface area contributed by atoms with Gasteiger partial charge in [-0.15, -0.1) is 0 Å². The van der Waals surface area contributed by atoms with Crippen LogP contribution in [0.15, 0.2) is 47.6 Å². The van der Waals surface area contributed by atoms with E-state index >= 15 is 0 Å². The van der Waals surface area contributed by atoms with Gasteiger partial charge >= 0.3 is 5.97 Å². The van der Waals surface area contributed by atoms with Crippen molar-refractivity contribution in [1.82, 2.24) is 0 Å². The van der Waals surface area contributed by atoms with Gasteiger partial charge in [0.1, 0.15) is 0 Å². The molecule has 0 aliphatic rings. The van der Waals surface area contributed by atoms with Gasteiger partial charge in [0.2, 0.25) is 0 Å². The Morgan fingerprint density at radius 3 is 2.57 bits per heavy atom. The number of nitrogens with one attached hydrogen (secondary N) is 1. The molecule has 0 fully saturated rings. The fourth-order valence-electron chi connectivity index (χ4n) is 1.91. The molecule has 120 valence electrons. The van der Waals surface area contributed by atoms with Crippen LogP contribution >= 0.6 is 0 Å². The Bertz CT molecular complexity index is 696. The van der Waals surface area contributed by atoms with Gasteiger partial charge in [-0.25, -0.2) is 4.79 Å². The molecular weight excluding hydrogens is 296 g/mol. The highest BCUT2D eigenvalue weighted by Gasteiger charge is 2.04. The van der Waals surface area contributed by atoms with Gasteiger partial charge < -0.3 is 14.6 Å². The smallest absolute Gasteiger partial charge is 0.335 e. The predicted octanol–water partition coefficient (Wildman–Crippen LogP) is 3.24. The first-order valence-electron chi connectivity index (χ1n) is 7.07. The van der Waals surface area contributed by atoms with Crippen LogP contribution in [0.3, 0.4) is 0 Å². The molecule has 6 heteroatoms. The number of ether oxygens (including phenoxy) is 2. The molecule has 2 aromatic rings. The molecule has 0 atom stereocenters. The van der Waals surface area contributed by atoms with E-state index in [2.05, 4.69) is 10.5 Å². The fourth-order valence-corrected chi connectivity index (χ4v) is 1.91. The number of hydrogen-bond donors (Lipinski definition) is 2. The van der Waals surface area contributed by atoms with E-state index in [1.54, 1.807) is 25.5 Å². The van der Waals surface area contributed by atoms with Gasteiger partial charge in [-0.1, -0.05) is 0 Å². The number of carbonyl (C=O) groups is 1. The van der Waals surface area contributed by atoms with Crippen LogP contribution in [-0.2, 0) is 0 Å². The molecule has 0 amide bonds. The van der Waals surface area contributed by atoms with Crippen molar-refractivity contribution in [2.75, 3.05) is 19.1 Å². The summed E-state index contributed by atoms with van der Waals surface area (Å²) in [5.74, 6) is 0.368. The van der Waals surface area contributed by atoms with Crippen LogP contribution in [0.5, 0.6) is 11.5 Å². The number of methoxy groups -OCH3 is 1. The Morgan fingerprint density at radius 2 is 1.96 bits per heavy atom. The lowest BCUT2D eigenvalue weighted by molar-refractivity contribution is 0.0697. The van der Waals surface area contributed by atoms with Crippen LogP contribution < -0.4 is 14.9 Å². The van der Waals surface area contributed by atoms with Gasteiger partial charge in [0.25, 0.3) is 0 Å². The Hall–Kier alpha value is -3.02. The number of anilines is 1. The van der Waals surface area contributed by atoms with E-state index in [1.165, 1.54) is 12.1 Å². The minimum absolute atomic E-state index is 0.232. The minimum atomic E-state index is -0.957. The first kappa shape index (κ1) is 16.4. The number of nitrogens with zero attached hydrogens (tertiary/aromatic N) is 1. The summed E-state index contributed by atoms with van der Waals surface area (Å²) in [4.78, 5) is 10.8. The lowest BCUT2D eigenvalue weighted by Gasteiger charge is -2.09. The van der Waals surface area contributed by atoms with Crippen molar-refractivity contribution >= 4 is 17.9 Å². The van der Waals surface area contributed by atoms with Crippen molar-refractivity contribution in [3.05, 3.63) is 53.6 Å². The number of rotatable bonds is 7. The van der Waals surface area contributed by atoms with Crippen LogP contribution in [0.2, 0.25) is 0 Å². The summed E-state index contributed by atoms with van der Waals surface area (Å²) in [6.45, 7) is 2.48. The zero-order chi connectivity index (χ0) is 16.7. The first-order chi connectivity index (χ1) is 11.1. The summed E-state index contributed by atoms with van der Waals surface area (Å²) in [5, 5.41) is 13.0. The molecule has 0 saturated heterocycles. The summed E-state index contributed by atoms with van der Waals surface area (Å²) in [7, 11) is 1.58. The highest BCUT2D eigenvalue weighted by molar-refractivity contribution is 5.88. The summed E-state index contributed by atoms with van der Waals surface area (Å²) in [6, 6.07) is 11.8. The largest absolute Gasteiger partial charge is 0.493 e. The van der Waals surface area contributed by atoms with Gasteiger partial charge in [-0.05, 0) is 55.0 Å². The zero-order valence-electron chi connectivity index (χ0n) is 12.9. The van der Waals surface area contributed by atoms with Crippen LogP contribution in [0.25, 0.3) is 0 Å². The molecule has 0 spiro atoms. The lowest BCUT2D eigenvalue weighted by atomic mass is 10.2. The number of carboxylic acid groups (broad SMARTS) is 1. The zero-order valence-corrected chi connectivity index (χ0v) is 12.9. The summed E-state index contributed by atoms with van der Waals surface area (Å²) in [6.07, 6.45) is 1.64. The number of benzene rings is 2. The third-order valence-electron chi connectivity index (χ3n) is 3.03. The molecule has 0 unspecified atom stereocenters. The van der Waals surface area contributed by atoms with Gasteiger partial charge in [0.15, 0.2) is 11.5 Å².